The Hall–Kier alpha value is -6.77. The van der Waals surface area contributed by atoms with E-state index >= 15 is 0 Å². The van der Waals surface area contributed by atoms with Gasteiger partial charge in [-0.05, 0) is 31.2 Å². The first-order valence-electron chi connectivity index (χ1n) is 16.3. The predicted molar refractivity (Wildman–Crippen MR) is 204 cm³/mol. The van der Waals surface area contributed by atoms with Crippen LogP contribution in [0.4, 0.5) is 22.7 Å². The molecule has 15 heteroatoms. The molecule has 0 saturated carbocycles. The number of hydrogen-bond acceptors (Lipinski definition) is 6. The third-order valence-corrected chi connectivity index (χ3v) is 7.77. The summed E-state index contributed by atoms with van der Waals surface area (Å²) in [5.41, 5.74) is 4.71. The molecule has 2 aromatic heterocycles. The molecule has 0 atom stereocenters. The average Bonchev–Trinajstić information content (AvgIpc) is 3.10. The van der Waals surface area contributed by atoms with Crippen LogP contribution in [0.25, 0.3) is 0 Å². The zero-order chi connectivity index (χ0) is 39.8. The van der Waals surface area contributed by atoms with Gasteiger partial charge in [-0.2, -0.15) is 4.57 Å². The Morgan fingerprint density at radius 2 is 1.17 bits per heavy atom. The number of allylic oxidation sites excluding steroid dienone is 2. The molecule has 278 valence electrons. The monoisotopic (exact) mass is 726 g/mol. The van der Waals surface area contributed by atoms with Crippen LogP contribution >= 0.6 is 0 Å². The van der Waals surface area contributed by atoms with Gasteiger partial charge < -0.3 is 31.9 Å². The average molecular weight is 727 g/mol. The largest absolute Gasteiger partial charge is 0.343 e. The molecule has 2 heterocycles. The van der Waals surface area contributed by atoms with E-state index in [2.05, 4.69) is 51.6 Å². The molecule has 6 amide bonds. The van der Waals surface area contributed by atoms with Crippen molar-refractivity contribution in [1.82, 2.24) is 10.6 Å². The number of aromatic nitrogens is 2. The molecular formula is C38H48N9O6+3. The minimum Gasteiger partial charge on any atom is -0.343 e. The van der Waals surface area contributed by atoms with E-state index in [4.69, 9.17) is 0 Å². The molecule has 6 N–H and O–H groups in total. The molecule has 0 bridgehead atoms. The van der Waals surface area contributed by atoms with Crippen molar-refractivity contribution < 1.29 is 42.5 Å². The van der Waals surface area contributed by atoms with E-state index in [1.54, 1.807) is 62.7 Å². The maximum Gasteiger partial charge on any atom is 0.255 e. The zero-order valence-corrected chi connectivity index (χ0v) is 31.2. The van der Waals surface area contributed by atoms with Crippen LogP contribution in [0.1, 0.15) is 17.0 Å². The van der Waals surface area contributed by atoms with E-state index in [0.29, 0.717) is 28.3 Å². The fourth-order valence-electron chi connectivity index (χ4n) is 4.64. The van der Waals surface area contributed by atoms with Gasteiger partial charge in [0.2, 0.25) is 40.9 Å². The van der Waals surface area contributed by atoms with Crippen LogP contribution in [-0.4, -0.2) is 72.9 Å². The highest BCUT2D eigenvalue weighted by Crippen LogP contribution is 2.28. The van der Waals surface area contributed by atoms with Gasteiger partial charge in [0.25, 0.3) is 5.91 Å². The van der Waals surface area contributed by atoms with Crippen LogP contribution in [0.5, 0.6) is 0 Å². The highest BCUT2D eigenvalue weighted by molar-refractivity contribution is 6.09. The number of carbonyl (C=O) groups is 6. The molecule has 0 radical (unpaired) electrons. The summed E-state index contributed by atoms with van der Waals surface area (Å²) in [7, 11) is 7.10. The topological polar surface area (TPSA) is 185 Å². The Labute approximate surface area is 309 Å². The highest BCUT2D eigenvalue weighted by Gasteiger charge is 2.24. The molecule has 0 aliphatic rings. The molecule has 15 nitrogen and oxygen atoms in total. The van der Waals surface area contributed by atoms with Crippen LogP contribution in [0, 0.1) is 20.8 Å². The van der Waals surface area contributed by atoms with Crippen molar-refractivity contribution in [3.63, 3.8) is 0 Å². The van der Waals surface area contributed by atoms with Gasteiger partial charge in [0.05, 0.1) is 13.1 Å². The Kier molecular flexibility index (Phi) is 16.1. The number of aryl methyl sites for hydroxylation is 1. The van der Waals surface area contributed by atoms with Crippen molar-refractivity contribution in [3.05, 3.63) is 109 Å². The number of carbonyl (C=O) groups excluding carboxylic acids is 6. The van der Waals surface area contributed by atoms with Crippen molar-refractivity contribution >= 4 is 63.9 Å². The van der Waals surface area contributed by atoms with Gasteiger partial charge in [-0.25, -0.2) is 9.14 Å². The summed E-state index contributed by atoms with van der Waals surface area (Å²) in [4.78, 5) is 73.9. The van der Waals surface area contributed by atoms with E-state index in [0.717, 1.165) is 35.3 Å². The first-order chi connectivity index (χ1) is 25.0. The van der Waals surface area contributed by atoms with E-state index in [1.165, 1.54) is 30.4 Å². The maximum absolute atomic E-state index is 13.0. The molecule has 0 aromatic carbocycles. The molecule has 0 fully saturated rings. The minimum absolute atomic E-state index is 0.00892. The second kappa shape index (κ2) is 20.2. The van der Waals surface area contributed by atoms with Crippen molar-refractivity contribution in [2.45, 2.75) is 20.8 Å². The lowest BCUT2D eigenvalue weighted by Crippen LogP contribution is -2.39. The van der Waals surface area contributed by atoms with Crippen molar-refractivity contribution in [2.75, 3.05) is 48.5 Å². The summed E-state index contributed by atoms with van der Waals surface area (Å²) in [6.45, 7) is 16.6. The summed E-state index contributed by atoms with van der Waals surface area (Å²) >= 11 is 0. The van der Waals surface area contributed by atoms with Gasteiger partial charge in [-0.3, -0.25) is 28.8 Å². The fourth-order valence-corrected chi connectivity index (χ4v) is 4.64. The molecule has 0 saturated heterocycles. The smallest absolute Gasteiger partial charge is 0.255 e. The normalized spacial score (nSPS) is 10.8. The number of nitrogens with one attached hydrogen (secondary N) is 6. The number of rotatable bonds is 16. The Balaban J connectivity index is 1.99. The van der Waals surface area contributed by atoms with Crippen LogP contribution in [0.2, 0.25) is 0 Å². The summed E-state index contributed by atoms with van der Waals surface area (Å²) < 4.78 is 5.25. The van der Waals surface area contributed by atoms with Crippen molar-refractivity contribution in [3.8, 4) is 0 Å². The number of anilines is 4. The molecule has 53 heavy (non-hydrogen) atoms. The fraction of sp³-hybridized carbons (Fsp3) is 0.237. The molecular weight excluding hydrogens is 678 g/mol. The molecule has 0 aliphatic carbocycles. The molecule has 2 rings (SSSR count). The van der Waals surface area contributed by atoms with Crippen LogP contribution < -0.4 is 41.0 Å². The summed E-state index contributed by atoms with van der Waals surface area (Å²) in [6.07, 6.45) is 13.3. The van der Waals surface area contributed by atoms with Gasteiger partial charge >= 0.3 is 0 Å². The van der Waals surface area contributed by atoms with E-state index < -0.39 is 23.6 Å². The number of amides is 6. The highest BCUT2D eigenvalue weighted by atomic mass is 16.2. The second-order valence-electron chi connectivity index (χ2n) is 11.9. The Morgan fingerprint density at radius 1 is 0.679 bits per heavy atom. The number of pyridine rings is 2. The lowest BCUT2D eigenvalue weighted by atomic mass is 10.1. The predicted octanol–water partition coefficient (Wildman–Crippen LogP) is 1.26. The van der Waals surface area contributed by atoms with Gasteiger partial charge in [-0.1, -0.05) is 31.9 Å². The van der Waals surface area contributed by atoms with Gasteiger partial charge in [-0.15, -0.1) is 0 Å². The van der Waals surface area contributed by atoms with E-state index in [9.17, 15) is 28.8 Å². The van der Waals surface area contributed by atoms with Crippen molar-refractivity contribution in [2.24, 2.45) is 14.1 Å². The zero-order valence-electron chi connectivity index (χ0n) is 31.2. The second-order valence-corrected chi connectivity index (χ2v) is 11.9. The van der Waals surface area contributed by atoms with Crippen LogP contribution in [0.15, 0.2) is 92.4 Å². The minimum atomic E-state index is -0.550. The molecule has 2 aromatic rings. The molecule has 0 spiro atoms. The van der Waals surface area contributed by atoms with E-state index in [-0.39, 0.29) is 30.5 Å². The van der Waals surface area contributed by atoms with Crippen LogP contribution in [0.3, 0.4) is 0 Å². The summed E-state index contributed by atoms with van der Waals surface area (Å²) in [5.74, 6) is -2.69. The quantitative estimate of drug-likeness (QED) is 0.0655. The third kappa shape index (κ3) is 13.5. The summed E-state index contributed by atoms with van der Waals surface area (Å²) in [6, 6.07) is 1.55. The lowest BCUT2D eigenvalue weighted by molar-refractivity contribution is -0.682. The summed E-state index contributed by atoms with van der Waals surface area (Å²) in [5, 5.41) is 16.3. The van der Waals surface area contributed by atoms with Gasteiger partial charge in [0.1, 0.15) is 50.9 Å². The van der Waals surface area contributed by atoms with Gasteiger partial charge in [0.15, 0.2) is 18.1 Å². The Bertz CT molecular complexity index is 1970. The Morgan fingerprint density at radius 3 is 1.70 bits per heavy atom. The molecule has 0 aliphatic heterocycles. The van der Waals surface area contributed by atoms with E-state index in [1.807, 2.05) is 18.4 Å². The first-order valence-corrected chi connectivity index (χ1v) is 16.3. The SMILES string of the molecule is C=CC(=O)NCC(CNC(=O)/C=C/C=CC(=O)Nc1cc(NC(=O)/C=C/C(=C)C(=O)Nc2c(C)c(NC(=O)C=C)c(C)[n+](C)c2C)c[n+](C)c1)=[N+](C)C. The standard InChI is InChI=1S/C38H45N9O6/c1-11-31(48)39-20-30(45(7)8)21-40-33(50)15-13-14-16-34(51)41-28-19-29(23-46(9)22-28)42-35(52)18-17-24(3)38(53)44-37-25(4)36(43-32(49)12-2)26(5)47(10)27(37)6/h11-19,22-23H,1-3,20-21H2,4-10H3,(H3-3,39,40,41,42,43,44,48,49,50,51,52,53)/p+3/b15-13+,16-14?,18-17+. The molecule has 0 unspecified atom stereocenters. The number of hydrogen-bond donors (Lipinski definition) is 6. The van der Waals surface area contributed by atoms with Gasteiger partial charge in [0, 0.05) is 43.2 Å². The first kappa shape index (κ1) is 42.4. The lowest BCUT2D eigenvalue weighted by Gasteiger charge is -2.16. The third-order valence-electron chi connectivity index (χ3n) is 7.77. The van der Waals surface area contributed by atoms with Crippen molar-refractivity contribution in [1.29, 1.82) is 0 Å². The van der Waals surface area contributed by atoms with Crippen LogP contribution in [-0.2, 0) is 42.9 Å². The number of nitrogens with zero attached hydrogens (tertiary/aromatic N) is 3. The maximum atomic E-state index is 13.0.